The molecule has 1 N–H and O–H groups in total. The summed E-state index contributed by atoms with van der Waals surface area (Å²) >= 11 is 0. The first kappa shape index (κ1) is 22.5. The summed E-state index contributed by atoms with van der Waals surface area (Å²) in [7, 11) is -3.52. The quantitative estimate of drug-likeness (QED) is 0.600. The lowest BCUT2D eigenvalue weighted by Crippen LogP contribution is -2.31. The zero-order valence-corrected chi connectivity index (χ0v) is 17.9. The number of amides is 1. The second-order valence-electron chi connectivity index (χ2n) is 6.34. The van der Waals surface area contributed by atoms with E-state index in [1.54, 1.807) is 48.5 Å². The number of nitrogens with zero attached hydrogens (tertiary/aromatic N) is 1. The molecule has 7 nitrogen and oxygen atoms in total. The molecule has 2 rings (SSSR count). The normalized spacial score (nSPS) is 11.0. The number of para-hydroxylation sites is 2. The van der Waals surface area contributed by atoms with Gasteiger partial charge in [0.25, 0.3) is 0 Å². The number of hydrogen-bond donors (Lipinski definition) is 1. The van der Waals surface area contributed by atoms with Gasteiger partial charge in [-0.3, -0.25) is 9.10 Å². The summed E-state index contributed by atoms with van der Waals surface area (Å²) in [5.41, 5.74) is 1.14. The van der Waals surface area contributed by atoms with E-state index in [-0.39, 0.29) is 18.9 Å². The van der Waals surface area contributed by atoms with E-state index >= 15 is 0 Å². The van der Waals surface area contributed by atoms with Crippen LogP contribution in [0.3, 0.4) is 0 Å². The zero-order valence-electron chi connectivity index (χ0n) is 17.1. The lowest BCUT2D eigenvalue weighted by Gasteiger charge is -2.24. The first-order valence-electron chi connectivity index (χ1n) is 9.57. The third kappa shape index (κ3) is 6.98. The minimum atomic E-state index is -3.52. The summed E-state index contributed by atoms with van der Waals surface area (Å²) < 4.78 is 36.8. The average molecular weight is 421 g/mol. The Labute approximate surface area is 172 Å². The number of rotatable bonds is 11. The molecular formula is C21H28N2O5S. The summed E-state index contributed by atoms with van der Waals surface area (Å²) in [4.78, 5) is 12.2. The van der Waals surface area contributed by atoms with Crippen molar-refractivity contribution in [2.75, 3.05) is 35.6 Å². The van der Waals surface area contributed by atoms with E-state index in [9.17, 15) is 13.2 Å². The van der Waals surface area contributed by atoms with Crippen LogP contribution in [0.5, 0.6) is 11.5 Å². The van der Waals surface area contributed by atoms with Gasteiger partial charge in [-0.15, -0.1) is 0 Å². The average Bonchev–Trinajstić information content (AvgIpc) is 2.67. The Morgan fingerprint density at radius 2 is 1.66 bits per heavy atom. The SMILES string of the molecule is CCOc1ccc(NC(=O)CCCN(c2ccccc2OCC)S(C)(=O)=O)cc1. The van der Waals surface area contributed by atoms with Crippen molar-refractivity contribution in [2.24, 2.45) is 0 Å². The van der Waals surface area contributed by atoms with Gasteiger partial charge in [0, 0.05) is 18.7 Å². The van der Waals surface area contributed by atoms with Crippen LogP contribution < -0.4 is 19.1 Å². The van der Waals surface area contributed by atoms with Gasteiger partial charge in [-0.1, -0.05) is 12.1 Å². The fourth-order valence-corrected chi connectivity index (χ4v) is 3.78. The molecule has 1 amide bonds. The molecule has 0 unspecified atom stereocenters. The number of nitrogens with one attached hydrogen (secondary N) is 1. The Bertz CT molecular complexity index is 898. The molecule has 0 heterocycles. The van der Waals surface area contributed by atoms with E-state index in [2.05, 4.69) is 5.32 Å². The van der Waals surface area contributed by atoms with Crippen molar-refractivity contribution in [3.63, 3.8) is 0 Å². The van der Waals surface area contributed by atoms with E-state index in [0.29, 0.717) is 36.8 Å². The molecule has 0 aromatic heterocycles. The monoisotopic (exact) mass is 420 g/mol. The first-order valence-corrected chi connectivity index (χ1v) is 11.4. The van der Waals surface area contributed by atoms with Crippen LogP contribution in [-0.2, 0) is 14.8 Å². The largest absolute Gasteiger partial charge is 0.494 e. The van der Waals surface area contributed by atoms with Gasteiger partial charge in [0.1, 0.15) is 11.5 Å². The number of carbonyl (C=O) groups excluding carboxylic acids is 1. The van der Waals surface area contributed by atoms with Crippen molar-refractivity contribution in [3.05, 3.63) is 48.5 Å². The van der Waals surface area contributed by atoms with Gasteiger partial charge in [-0.2, -0.15) is 0 Å². The Kier molecular flexibility index (Phi) is 8.33. The van der Waals surface area contributed by atoms with Crippen molar-refractivity contribution >= 4 is 27.3 Å². The van der Waals surface area contributed by atoms with Gasteiger partial charge in [0.15, 0.2) is 0 Å². The zero-order chi connectivity index (χ0) is 21.3. The molecule has 0 bridgehead atoms. The fraction of sp³-hybridized carbons (Fsp3) is 0.381. The van der Waals surface area contributed by atoms with Crippen molar-refractivity contribution in [1.29, 1.82) is 0 Å². The van der Waals surface area contributed by atoms with Crippen molar-refractivity contribution < 1.29 is 22.7 Å². The standard InChI is InChI=1S/C21H28N2O5S/c1-4-27-18-14-12-17(13-15-18)22-21(24)11-8-16-23(29(3,25)26)19-9-6-7-10-20(19)28-5-2/h6-7,9-10,12-15H,4-5,8,11,16H2,1-3H3,(H,22,24). The lowest BCUT2D eigenvalue weighted by molar-refractivity contribution is -0.116. The van der Waals surface area contributed by atoms with Crippen molar-refractivity contribution in [2.45, 2.75) is 26.7 Å². The molecule has 0 aliphatic heterocycles. The van der Waals surface area contributed by atoms with E-state index in [1.165, 1.54) is 4.31 Å². The Morgan fingerprint density at radius 3 is 2.28 bits per heavy atom. The Morgan fingerprint density at radius 1 is 1.00 bits per heavy atom. The van der Waals surface area contributed by atoms with Crippen LogP contribution >= 0.6 is 0 Å². The summed E-state index contributed by atoms with van der Waals surface area (Å²) in [6, 6.07) is 14.1. The molecule has 8 heteroatoms. The highest BCUT2D eigenvalue weighted by molar-refractivity contribution is 7.92. The van der Waals surface area contributed by atoms with E-state index < -0.39 is 10.0 Å². The third-order valence-electron chi connectivity index (χ3n) is 4.05. The highest BCUT2D eigenvalue weighted by atomic mass is 32.2. The molecule has 0 aliphatic carbocycles. The van der Waals surface area contributed by atoms with Crippen LogP contribution in [-0.4, -0.2) is 40.3 Å². The third-order valence-corrected chi connectivity index (χ3v) is 5.23. The minimum absolute atomic E-state index is 0.180. The lowest BCUT2D eigenvalue weighted by atomic mass is 10.2. The highest BCUT2D eigenvalue weighted by Gasteiger charge is 2.21. The summed E-state index contributed by atoms with van der Waals surface area (Å²) in [5.74, 6) is 1.06. The molecule has 0 aliphatic rings. The summed E-state index contributed by atoms with van der Waals surface area (Å²) in [6.07, 6.45) is 1.71. The predicted molar refractivity (Wildman–Crippen MR) is 115 cm³/mol. The highest BCUT2D eigenvalue weighted by Crippen LogP contribution is 2.30. The molecule has 2 aromatic carbocycles. The van der Waals surface area contributed by atoms with Crippen LogP contribution in [0.1, 0.15) is 26.7 Å². The number of carbonyl (C=O) groups is 1. The van der Waals surface area contributed by atoms with Gasteiger partial charge in [0.05, 0.1) is 25.2 Å². The van der Waals surface area contributed by atoms with E-state index in [0.717, 1.165) is 12.0 Å². The number of anilines is 2. The molecule has 2 aromatic rings. The fourth-order valence-electron chi connectivity index (χ4n) is 2.81. The Hall–Kier alpha value is -2.74. The van der Waals surface area contributed by atoms with Crippen LogP contribution in [0.4, 0.5) is 11.4 Å². The minimum Gasteiger partial charge on any atom is -0.494 e. The second kappa shape index (κ2) is 10.7. The number of sulfonamides is 1. The molecule has 0 spiro atoms. The molecule has 29 heavy (non-hydrogen) atoms. The van der Waals surface area contributed by atoms with Crippen LogP contribution in [0, 0.1) is 0 Å². The van der Waals surface area contributed by atoms with E-state index in [1.807, 2.05) is 13.8 Å². The second-order valence-corrected chi connectivity index (χ2v) is 8.25. The number of ether oxygens (including phenoxy) is 2. The molecule has 0 radical (unpaired) electrons. The number of hydrogen-bond acceptors (Lipinski definition) is 5. The first-order chi connectivity index (χ1) is 13.8. The molecule has 0 saturated heterocycles. The molecule has 0 atom stereocenters. The molecule has 0 saturated carbocycles. The number of benzene rings is 2. The van der Waals surface area contributed by atoms with Crippen LogP contribution in [0.25, 0.3) is 0 Å². The van der Waals surface area contributed by atoms with Gasteiger partial charge < -0.3 is 14.8 Å². The van der Waals surface area contributed by atoms with Crippen molar-refractivity contribution in [1.82, 2.24) is 0 Å². The van der Waals surface area contributed by atoms with Gasteiger partial charge in [-0.25, -0.2) is 8.42 Å². The molecule has 0 fully saturated rings. The van der Waals surface area contributed by atoms with Crippen LogP contribution in [0.15, 0.2) is 48.5 Å². The van der Waals surface area contributed by atoms with E-state index in [4.69, 9.17) is 9.47 Å². The van der Waals surface area contributed by atoms with Gasteiger partial charge >= 0.3 is 0 Å². The van der Waals surface area contributed by atoms with Gasteiger partial charge in [0.2, 0.25) is 15.9 Å². The van der Waals surface area contributed by atoms with Crippen molar-refractivity contribution in [3.8, 4) is 11.5 Å². The molecule has 158 valence electrons. The maximum Gasteiger partial charge on any atom is 0.232 e. The molecular weight excluding hydrogens is 392 g/mol. The Balaban J connectivity index is 1.97. The maximum absolute atomic E-state index is 12.3. The smallest absolute Gasteiger partial charge is 0.232 e. The maximum atomic E-state index is 12.3. The van der Waals surface area contributed by atoms with Crippen LogP contribution in [0.2, 0.25) is 0 Å². The topological polar surface area (TPSA) is 84.9 Å². The summed E-state index contributed by atoms with van der Waals surface area (Å²) in [6.45, 7) is 4.93. The summed E-state index contributed by atoms with van der Waals surface area (Å²) in [5, 5.41) is 2.81. The van der Waals surface area contributed by atoms with Gasteiger partial charge in [-0.05, 0) is 56.7 Å². The predicted octanol–water partition coefficient (Wildman–Crippen LogP) is 3.67.